The molecule has 0 N–H and O–H groups in total. The summed E-state index contributed by atoms with van der Waals surface area (Å²) in [6.07, 6.45) is 7.72. The van der Waals surface area contributed by atoms with Crippen molar-refractivity contribution in [1.82, 2.24) is 0 Å². The van der Waals surface area contributed by atoms with Gasteiger partial charge in [-0.05, 0) is 12.5 Å². The summed E-state index contributed by atoms with van der Waals surface area (Å²) in [6, 6.07) is 0. The van der Waals surface area contributed by atoms with Crippen LogP contribution in [0.2, 0.25) is 0 Å². The Labute approximate surface area is 85.1 Å². The molecule has 3 nitrogen and oxygen atoms in total. The van der Waals surface area contributed by atoms with Crippen LogP contribution < -0.4 is 0 Å². The van der Waals surface area contributed by atoms with Crippen LogP contribution in [0.5, 0.6) is 0 Å². The van der Waals surface area contributed by atoms with E-state index in [9.17, 15) is 4.79 Å². The average molecular weight is 198 g/mol. The van der Waals surface area contributed by atoms with Crippen LogP contribution in [0.25, 0.3) is 0 Å². The van der Waals surface area contributed by atoms with E-state index < -0.39 is 0 Å². The maximum atomic E-state index is 10.7. The van der Waals surface area contributed by atoms with Gasteiger partial charge in [0.1, 0.15) is 12.2 Å². The lowest BCUT2D eigenvalue weighted by Crippen LogP contribution is -2.25. The van der Waals surface area contributed by atoms with Gasteiger partial charge in [-0.2, -0.15) is 0 Å². The fourth-order valence-electron chi connectivity index (χ4n) is 1.56. The molecule has 0 saturated heterocycles. The van der Waals surface area contributed by atoms with Crippen molar-refractivity contribution in [3.8, 4) is 0 Å². The van der Waals surface area contributed by atoms with Gasteiger partial charge in [-0.15, -0.1) is 0 Å². The maximum absolute atomic E-state index is 10.7. The standard InChI is InChI=1S/C11H18O3/c1-3-4-5-10-8-11(6-7-13-10)14-9(2)12/h6-7,10-11H,3-5,8H2,1-2H3/t10-,11-/m0/s1. The summed E-state index contributed by atoms with van der Waals surface area (Å²) in [7, 11) is 0. The Hall–Kier alpha value is -0.990. The smallest absolute Gasteiger partial charge is 0.303 e. The zero-order valence-electron chi connectivity index (χ0n) is 8.86. The van der Waals surface area contributed by atoms with Crippen molar-refractivity contribution in [3.05, 3.63) is 12.3 Å². The number of unbranched alkanes of at least 4 members (excludes halogenated alkanes) is 1. The SMILES string of the molecule is CCCC[C@H]1C[C@@H](OC(C)=O)C=CO1. The Balaban J connectivity index is 2.31. The number of carbonyl (C=O) groups excluding carboxylic acids is 1. The molecule has 1 aliphatic heterocycles. The molecule has 0 aromatic heterocycles. The first-order valence-electron chi connectivity index (χ1n) is 5.21. The van der Waals surface area contributed by atoms with E-state index in [1.807, 2.05) is 0 Å². The second-order valence-electron chi connectivity index (χ2n) is 3.61. The van der Waals surface area contributed by atoms with Gasteiger partial charge in [-0.3, -0.25) is 4.79 Å². The first-order chi connectivity index (χ1) is 6.72. The molecule has 0 spiro atoms. The van der Waals surface area contributed by atoms with Crippen LogP contribution in [-0.4, -0.2) is 18.2 Å². The highest BCUT2D eigenvalue weighted by Gasteiger charge is 2.20. The Morgan fingerprint density at radius 3 is 3.07 bits per heavy atom. The molecule has 0 bridgehead atoms. The molecule has 0 aromatic rings. The van der Waals surface area contributed by atoms with E-state index >= 15 is 0 Å². The molecular formula is C11H18O3. The lowest BCUT2D eigenvalue weighted by Gasteiger charge is -2.24. The Bertz CT molecular complexity index is 211. The summed E-state index contributed by atoms with van der Waals surface area (Å²) in [5.41, 5.74) is 0. The predicted octanol–water partition coefficient (Wildman–Crippen LogP) is 2.41. The second-order valence-corrected chi connectivity index (χ2v) is 3.61. The van der Waals surface area contributed by atoms with Crippen LogP contribution in [0.4, 0.5) is 0 Å². The van der Waals surface area contributed by atoms with Crippen molar-refractivity contribution in [2.24, 2.45) is 0 Å². The number of carbonyl (C=O) groups is 1. The monoisotopic (exact) mass is 198 g/mol. The van der Waals surface area contributed by atoms with Gasteiger partial charge < -0.3 is 9.47 Å². The van der Waals surface area contributed by atoms with Gasteiger partial charge in [0, 0.05) is 13.3 Å². The van der Waals surface area contributed by atoms with Gasteiger partial charge in [0.25, 0.3) is 0 Å². The van der Waals surface area contributed by atoms with Gasteiger partial charge in [-0.25, -0.2) is 0 Å². The Morgan fingerprint density at radius 1 is 1.64 bits per heavy atom. The highest BCUT2D eigenvalue weighted by molar-refractivity contribution is 5.66. The molecular weight excluding hydrogens is 180 g/mol. The molecule has 80 valence electrons. The summed E-state index contributed by atoms with van der Waals surface area (Å²) in [6.45, 7) is 3.59. The summed E-state index contributed by atoms with van der Waals surface area (Å²) in [5.74, 6) is -0.226. The minimum Gasteiger partial charge on any atom is -0.498 e. The van der Waals surface area contributed by atoms with Crippen molar-refractivity contribution in [3.63, 3.8) is 0 Å². The summed E-state index contributed by atoms with van der Waals surface area (Å²) in [5, 5.41) is 0. The van der Waals surface area contributed by atoms with E-state index in [4.69, 9.17) is 9.47 Å². The van der Waals surface area contributed by atoms with Crippen LogP contribution >= 0.6 is 0 Å². The molecule has 14 heavy (non-hydrogen) atoms. The molecule has 0 saturated carbocycles. The zero-order chi connectivity index (χ0) is 10.4. The van der Waals surface area contributed by atoms with Crippen molar-refractivity contribution in [2.45, 2.75) is 51.7 Å². The number of rotatable bonds is 4. The minimum absolute atomic E-state index is 0.0943. The van der Waals surface area contributed by atoms with Gasteiger partial charge in [0.05, 0.1) is 6.26 Å². The number of esters is 1. The Morgan fingerprint density at radius 2 is 2.43 bits per heavy atom. The number of hydrogen-bond donors (Lipinski definition) is 0. The van der Waals surface area contributed by atoms with Gasteiger partial charge in [0.2, 0.25) is 0 Å². The van der Waals surface area contributed by atoms with Gasteiger partial charge in [0.15, 0.2) is 0 Å². The molecule has 0 unspecified atom stereocenters. The maximum Gasteiger partial charge on any atom is 0.303 e. The van der Waals surface area contributed by atoms with E-state index in [1.165, 1.54) is 13.3 Å². The van der Waals surface area contributed by atoms with Crippen LogP contribution in [0, 0.1) is 0 Å². The van der Waals surface area contributed by atoms with Gasteiger partial charge in [-0.1, -0.05) is 19.8 Å². The highest BCUT2D eigenvalue weighted by atomic mass is 16.5. The molecule has 1 rings (SSSR count). The van der Waals surface area contributed by atoms with Crippen molar-refractivity contribution >= 4 is 5.97 Å². The van der Waals surface area contributed by atoms with Gasteiger partial charge >= 0.3 is 5.97 Å². The van der Waals surface area contributed by atoms with Crippen molar-refractivity contribution in [1.29, 1.82) is 0 Å². The molecule has 1 heterocycles. The lowest BCUT2D eigenvalue weighted by molar-refractivity contribution is -0.146. The molecule has 2 atom stereocenters. The summed E-state index contributed by atoms with van der Waals surface area (Å²) in [4.78, 5) is 10.7. The topological polar surface area (TPSA) is 35.5 Å². The zero-order valence-corrected chi connectivity index (χ0v) is 8.86. The lowest BCUT2D eigenvalue weighted by atomic mass is 10.0. The van der Waals surface area contributed by atoms with E-state index in [0.29, 0.717) is 0 Å². The summed E-state index contributed by atoms with van der Waals surface area (Å²) >= 11 is 0. The van der Waals surface area contributed by atoms with E-state index in [2.05, 4.69) is 6.92 Å². The van der Waals surface area contributed by atoms with E-state index in [1.54, 1.807) is 12.3 Å². The van der Waals surface area contributed by atoms with Crippen LogP contribution in [0.1, 0.15) is 39.5 Å². The minimum atomic E-state index is -0.226. The number of hydrogen-bond acceptors (Lipinski definition) is 3. The predicted molar refractivity (Wildman–Crippen MR) is 53.7 cm³/mol. The first-order valence-corrected chi connectivity index (χ1v) is 5.21. The van der Waals surface area contributed by atoms with Crippen LogP contribution in [0.15, 0.2) is 12.3 Å². The fraction of sp³-hybridized carbons (Fsp3) is 0.727. The average Bonchev–Trinajstić information content (AvgIpc) is 2.14. The molecule has 0 amide bonds. The highest BCUT2D eigenvalue weighted by Crippen LogP contribution is 2.18. The quantitative estimate of drug-likeness (QED) is 0.651. The molecule has 1 aliphatic rings. The number of ether oxygens (including phenoxy) is 2. The largest absolute Gasteiger partial charge is 0.498 e. The van der Waals surface area contributed by atoms with Crippen molar-refractivity contribution < 1.29 is 14.3 Å². The van der Waals surface area contributed by atoms with Crippen LogP contribution in [-0.2, 0) is 14.3 Å². The van der Waals surface area contributed by atoms with E-state index in [-0.39, 0.29) is 18.2 Å². The first kappa shape index (κ1) is 11.1. The third-order valence-electron chi connectivity index (χ3n) is 2.26. The summed E-state index contributed by atoms with van der Waals surface area (Å²) < 4.78 is 10.5. The molecule has 0 radical (unpaired) electrons. The molecule has 0 aliphatic carbocycles. The molecule has 0 aromatic carbocycles. The van der Waals surface area contributed by atoms with Crippen molar-refractivity contribution in [2.75, 3.05) is 0 Å². The third kappa shape index (κ3) is 3.81. The molecule has 3 heteroatoms. The normalized spacial score (nSPS) is 25.6. The second kappa shape index (κ2) is 5.68. The van der Waals surface area contributed by atoms with Crippen LogP contribution in [0.3, 0.4) is 0 Å². The van der Waals surface area contributed by atoms with E-state index in [0.717, 1.165) is 19.3 Å². The molecule has 0 fully saturated rings. The Kier molecular flexibility index (Phi) is 4.50. The fourth-order valence-corrected chi connectivity index (χ4v) is 1.56. The third-order valence-corrected chi connectivity index (χ3v) is 2.26.